The van der Waals surface area contributed by atoms with Crippen LogP contribution in [-0.4, -0.2) is 20.2 Å². The Bertz CT molecular complexity index is 999. The summed E-state index contributed by atoms with van der Waals surface area (Å²) in [7, 11) is 0. The molecule has 2 aromatic carbocycles. The van der Waals surface area contributed by atoms with Gasteiger partial charge in [0.05, 0.1) is 17.0 Å². The minimum atomic E-state index is -0.946. The molecule has 3 aromatic rings. The largest absolute Gasteiger partial charge is 0.480 e. The Morgan fingerprint density at radius 3 is 2.52 bits per heavy atom. The first kappa shape index (κ1) is 17.5. The highest BCUT2D eigenvalue weighted by atomic mass is 32.2. The Hall–Kier alpha value is -2.36. The second-order valence-electron chi connectivity index (χ2n) is 6.16. The fourth-order valence-electron chi connectivity index (χ4n) is 2.49. The molecule has 0 saturated carbocycles. The second-order valence-corrected chi connectivity index (χ2v) is 8.60. The molecular weight excluding hydrogens is 352 g/mol. The molecule has 0 aliphatic heterocycles. The lowest BCUT2D eigenvalue weighted by Crippen LogP contribution is -2.26. The van der Waals surface area contributed by atoms with E-state index in [2.05, 4.69) is 9.22 Å². The number of fused-ring (bicyclic) bond motifs is 1. The van der Waals surface area contributed by atoms with Gasteiger partial charge in [-0.25, -0.2) is 4.85 Å². The van der Waals surface area contributed by atoms with Gasteiger partial charge in [-0.3, -0.25) is 4.79 Å². The SMILES string of the molecule is [C-]#[N+]c1ccc(-c2c(SC(C)(C)C(=O)O)ccc3c(C)nsc23)cc1. The molecule has 3 rings (SSSR count). The minimum absolute atomic E-state index is 0.580. The van der Waals surface area contributed by atoms with Crippen molar-refractivity contribution in [3.8, 4) is 11.1 Å². The number of carboxylic acids is 1. The van der Waals surface area contributed by atoms with Crippen LogP contribution in [0.2, 0.25) is 0 Å². The zero-order valence-electron chi connectivity index (χ0n) is 14.0. The number of nitrogens with zero attached hydrogens (tertiary/aromatic N) is 2. The van der Waals surface area contributed by atoms with Crippen molar-refractivity contribution in [3.63, 3.8) is 0 Å². The van der Waals surface area contributed by atoms with Gasteiger partial charge in [0, 0.05) is 15.8 Å². The van der Waals surface area contributed by atoms with Gasteiger partial charge >= 0.3 is 5.97 Å². The fourth-order valence-corrected chi connectivity index (χ4v) is 4.61. The van der Waals surface area contributed by atoms with Gasteiger partial charge in [-0.1, -0.05) is 30.3 Å². The van der Waals surface area contributed by atoms with Gasteiger partial charge in [0.1, 0.15) is 4.75 Å². The summed E-state index contributed by atoms with van der Waals surface area (Å²) in [6.07, 6.45) is 0. The lowest BCUT2D eigenvalue weighted by Gasteiger charge is -2.21. The van der Waals surface area contributed by atoms with Crippen molar-refractivity contribution in [1.29, 1.82) is 0 Å². The van der Waals surface area contributed by atoms with E-state index in [9.17, 15) is 9.90 Å². The molecular formula is C19H16N2O2S2. The van der Waals surface area contributed by atoms with E-state index in [4.69, 9.17) is 6.57 Å². The van der Waals surface area contributed by atoms with Crippen LogP contribution in [0.1, 0.15) is 19.5 Å². The van der Waals surface area contributed by atoms with Gasteiger partial charge < -0.3 is 5.11 Å². The summed E-state index contributed by atoms with van der Waals surface area (Å²) in [5.41, 5.74) is 3.49. The second kappa shape index (κ2) is 6.51. The quantitative estimate of drug-likeness (QED) is 0.468. The number of rotatable bonds is 4. The number of hydrogen-bond acceptors (Lipinski definition) is 4. The molecule has 0 unspecified atom stereocenters. The molecule has 0 aliphatic rings. The smallest absolute Gasteiger partial charge is 0.319 e. The summed E-state index contributed by atoms with van der Waals surface area (Å²) >= 11 is 2.75. The monoisotopic (exact) mass is 368 g/mol. The van der Waals surface area contributed by atoms with E-state index in [1.165, 1.54) is 23.3 Å². The predicted molar refractivity (Wildman–Crippen MR) is 104 cm³/mol. The first-order chi connectivity index (χ1) is 11.8. The van der Waals surface area contributed by atoms with E-state index >= 15 is 0 Å². The van der Waals surface area contributed by atoms with Crippen molar-refractivity contribution in [2.75, 3.05) is 0 Å². The highest BCUT2D eigenvalue weighted by Crippen LogP contribution is 2.44. The van der Waals surface area contributed by atoms with Gasteiger partial charge in [0.25, 0.3) is 0 Å². The van der Waals surface area contributed by atoms with Crippen LogP contribution >= 0.6 is 23.3 Å². The van der Waals surface area contributed by atoms with Gasteiger partial charge in [-0.2, -0.15) is 4.37 Å². The van der Waals surface area contributed by atoms with Crippen LogP contribution in [0, 0.1) is 13.5 Å². The van der Waals surface area contributed by atoms with Crippen molar-refractivity contribution < 1.29 is 9.90 Å². The Kier molecular flexibility index (Phi) is 4.55. The van der Waals surface area contributed by atoms with Crippen molar-refractivity contribution >= 4 is 45.0 Å². The van der Waals surface area contributed by atoms with Crippen LogP contribution in [0.25, 0.3) is 26.1 Å². The Morgan fingerprint density at radius 2 is 1.92 bits per heavy atom. The normalized spacial score (nSPS) is 11.4. The molecule has 1 N–H and O–H groups in total. The third-order valence-electron chi connectivity index (χ3n) is 3.95. The number of aliphatic carboxylic acids is 1. The van der Waals surface area contributed by atoms with Crippen LogP contribution in [0.4, 0.5) is 5.69 Å². The first-order valence-electron chi connectivity index (χ1n) is 7.63. The number of aryl methyl sites for hydroxylation is 1. The van der Waals surface area contributed by atoms with Gasteiger partial charge in [0.2, 0.25) is 0 Å². The summed E-state index contributed by atoms with van der Waals surface area (Å²) < 4.78 is 4.55. The van der Waals surface area contributed by atoms with E-state index in [1.807, 2.05) is 31.2 Å². The zero-order chi connectivity index (χ0) is 18.2. The number of hydrogen-bond donors (Lipinski definition) is 1. The molecule has 0 saturated heterocycles. The van der Waals surface area contributed by atoms with Crippen LogP contribution in [-0.2, 0) is 4.79 Å². The number of benzene rings is 2. The van der Waals surface area contributed by atoms with Crippen molar-refractivity contribution in [1.82, 2.24) is 4.37 Å². The molecule has 0 bridgehead atoms. The van der Waals surface area contributed by atoms with Gasteiger partial charge in [0.15, 0.2) is 5.69 Å². The van der Waals surface area contributed by atoms with Crippen molar-refractivity contribution in [2.45, 2.75) is 30.4 Å². The molecule has 25 heavy (non-hydrogen) atoms. The Labute approximate surface area is 154 Å². The number of aromatic nitrogens is 1. The molecule has 0 aliphatic carbocycles. The average molecular weight is 368 g/mol. The third-order valence-corrected chi connectivity index (χ3v) is 6.17. The molecule has 6 heteroatoms. The van der Waals surface area contributed by atoms with E-state index in [1.54, 1.807) is 26.0 Å². The van der Waals surface area contributed by atoms with Gasteiger partial charge in [-0.15, -0.1) is 11.8 Å². The molecule has 0 atom stereocenters. The summed E-state index contributed by atoms with van der Waals surface area (Å²) in [6, 6.07) is 11.4. The molecule has 0 radical (unpaired) electrons. The van der Waals surface area contributed by atoms with Crippen LogP contribution in [0.3, 0.4) is 0 Å². The number of thioether (sulfide) groups is 1. The Morgan fingerprint density at radius 1 is 1.24 bits per heavy atom. The molecule has 0 amide bonds. The van der Waals surface area contributed by atoms with Crippen molar-refractivity contribution in [2.24, 2.45) is 0 Å². The van der Waals surface area contributed by atoms with E-state index in [-0.39, 0.29) is 0 Å². The number of carboxylic acid groups (broad SMARTS) is 1. The maximum absolute atomic E-state index is 11.6. The lowest BCUT2D eigenvalue weighted by molar-refractivity contribution is -0.138. The summed E-state index contributed by atoms with van der Waals surface area (Å²) in [6.45, 7) is 12.5. The van der Waals surface area contributed by atoms with Crippen LogP contribution in [0.15, 0.2) is 41.3 Å². The van der Waals surface area contributed by atoms with Gasteiger partial charge in [-0.05, 0) is 43.9 Å². The molecule has 126 valence electrons. The third kappa shape index (κ3) is 3.26. The summed E-state index contributed by atoms with van der Waals surface area (Å²) in [4.78, 5) is 15.9. The van der Waals surface area contributed by atoms with E-state index < -0.39 is 10.7 Å². The van der Waals surface area contributed by atoms with Crippen LogP contribution in [0.5, 0.6) is 0 Å². The molecule has 0 spiro atoms. The molecule has 1 heterocycles. The van der Waals surface area contributed by atoms with E-state index in [0.29, 0.717) is 5.69 Å². The lowest BCUT2D eigenvalue weighted by atomic mass is 10.0. The topological polar surface area (TPSA) is 54.5 Å². The summed E-state index contributed by atoms with van der Waals surface area (Å²) in [5.74, 6) is -0.854. The maximum Gasteiger partial charge on any atom is 0.319 e. The summed E-state index contributed by atoms with van der Waals surface area (Å²) in [5, 5.41) is 10.6. The zero-order valence-corrected chi connectivity index (χ0v) is 15.7. The highest BCUT2D eigenvalue weighted by Gasteiger charge is 2.30. The maximum atomic E-state index is 11.6. The first-order valence-corrected chi connectivity index (χ1v) is 9.22. The number of carbonyl (C=O) groups is 1. The molecule has 1 aromatic heterocycles. The molecule has 0 fully saturated rings. The van der Waals surface area contributed by atoms with E-state index in [0.717, 1.165) is 31.8 Å². The highest BCUT2D eigenvalue weighted by molar-refractivity contribution is 8.01. The average Bonchev–Trinajstić information content (AvgIpc) is 2.95. The predicted octanol–water partition coefficient (Wildman–Crippen LogP) is 5.78. The standard InChI is InChI=1S/C19H16N2O2S2/c1-11-14-9-10-15(24-19(2,3)18(22)23)16(17(14)25-21-11)12-5-7-13(20-4)8-6-12/h5-10H,1-3H3,(H,22,23). The Balaban J connectivity index is 2.23. The van der Waals surface area contributed by atoms with Crippen molar-refractivity contribution in [3.05, 3.63) is 53.5 Å². The fraction of sp³-hybridized carbons (Fsp3) is 0.211. The van der Waals surface area contributed by atoms with Crippen LogP contribution < -0.4 is 0 Å². The minimum Gasteiger partial charge on any atom is -0.480 e. The molecule has 4 nitrogen and oxygen atoms in total.